The van der Waals surface area contributed by atoms with Gasteiger partial charge in [0.25, 0.3) is 0 Å². The average molecular weight is 169 g/mol. The van der Waals surface area contributed by atoms with Crippen molar-refractivity contribution in [2.45, 2.75) is 6.10 Å². The summed E-state index contributed by atoms with van der Waals surface area (Å²) in [6.07, 6.45) is -0.831. The van der Waals surface area contributed by atoms with Gasteiger partial charge < -0.3 is 15.5 Å². The number of aliphatic hydroxyl groups excluding tert-OH is 2. The Bertz CT molecular complexity index is 180. The van der Waals surface area contributed by atoms with Crippen LogP contribution < -0.4 is 5.32 Å². The maximum atomic E-state index is 8.84. The molecule has 1 atom stereocenters. The lowest BCUT2D eigenvalue weighted by atomic mass is 10.2. The number of aliphatic hydroxyl groups is 2. The van der Waals surface area contributed by atoms with Gasteiger partial charge in [-0.25, -0.2) is 0 Å². The normalized spacial score (nSPS) is 12.1. The molecule has 3 N–H and O–H groups in total. The summed E-state index contributed by atoms with van der Waals surface area (Å²) in [4.78, 5) is 0. The standard InChI is InChI=1S/C7H11N3O2/c8-1-6(2-9)3-10-4-7(12)5-11/h6-7,10-12H,3-5H2. The van der Waals surface area contributed by atoms with Gasteiger partial charge in [-0.2, -0.15) is 10.5 Å². The van der Waals surface area contributed by atoms with Gasteiger partial charge in [-0.3, -0.25) is 0 Å². The molecule has 0 spiro atoms. The highest BCUT2D eigenvalue weighted by Gasteiger charge is 2.06. The third-order valence-electron chi connectivity index (χ3n) is 1.25. The number of hydrogen-bond donors (Lipinski definition) is 3. The topological polar surface area (TPSA) is 100 Å². The Hall–Kier alpha value is -1.14. The van der Waals surface area contributed by atoms with Crippen LogP contribution >= 0.6 is 0 Å². The Morgan fingerprint density at radius 3 is 2.25 bits per heavy atom. The summed E-state index contributed by atoms with van der Waals surface area (Å²) in [6.45, 7) is 0.0805. The van der Waals surface area contributed by atoms with Crippen molar-refractivity contribution in [3.8, 4) is 12.1 Å². The van der Waals surface area contributed by atoms with Gasteiger partial charge in [0.2, 0.25) is 0 Å². The molecule has 12 heavy (non-hydrogen) atoms. The van der Waals surface area contributed by atoms with Crippen LogP contribution in [-0.2, 0) is 0 Å². The zero-order valence-electron chi connectivity index (χ0n) is 6.56. The Morgan fingerprint density at radius 1 is 1.25 bits per heavy atom. The molecule has 0 amide bonds. The average Bonchev–Trinajstić information content (AvgIpc) is 2.12. The summed E-state index contributed by atoms with van der Waals surface area (Å²) in [5.41, 5.74) is 0. The fourth-order valence-electron chi connectivity index (χ4n) is 0.579. The lowest BCUT2D eigenvalue weighted by Gasteiger charge is -2.07. The molecule has 5 nitrogen and oxygen atoms in total. The smallest absolute Gasteiger partial charge is 0.145 e. The van der Waals surface area contributed by atoms with E-state index >= 15 is 0 Å². The number of hydrogen-bond acceptors (Lipinski definition) is 5. The van der Waals surface area contributed by atoms with Gasteiger partial charge in [0.15, 0.2) is 0 Å². The second kappa shape index (κ2) is 6.56. The molecule has 66 valence electrons. The molecular weight excluding hydrogens is 158 g/mol. The van der Waals surface area contributed by atoms with E-state index in [9.17, 15) is 0 Å². The number of rotatable bonds is 5. The second-order valence-electron chi connectivity index (χ2n) is 2.31. The van der Waals surface area contributed by atoms with Crippen LogP contribution in [0.5, 0.6) is 0 Å². The molecular formula is C7H11N3O2. The zero-order valence-corrected chi connectivity index (χ0v) is 6.56. The minimum atomic E-state index is -0.831. The molecule has 0 aliphatic rings. The van der Waals surface area contributed by atoms with Crippen molar-refractivity contribution in [1.29, 1.82) is 10.5 Å². The van der Waals surface area contributed by atoms with Crippen LogP contribution in [0.1, 0.15) is 0 Å². The van der Waals surface area contributed by atoms with E-state index in [0.717, 1.165) is 0 Å². The van der Waals surface area contributed by atoms with Crippen LogP contribution in [0.3, 0.4) is 0 Å². The van der Waals surface area contributed by atoms with Crippen molar-refractivity contribution in [2.24, 2.45) is 5.92 Å². The van der Waals surface area contributed by atoms with Gasteiger partial charge in [0.1, 0.15) is 5.92 Å². The molecule has 0 saturated carbocycles. The summed E-state index contributed by atoms with van der Waals surface area (Å²) in [5.74, 6) is -0.698. The molecule has 0 saturated heterocycles. The lowest BCUT2D eigenvalue weighted by molar-refractivity contribution is 0.0944. The first-order valence-corrected chi connectivity index (χ1v) is 3.53. The van der Waals surface area contributed by atoms with E-state index in [1.807, 2.05) is 0 Å². The number of nitrogens with one attached hydrogen (secondary N) is 1. The summed E-state index contributed by atoms with van der Waals surface area (Å²) in [5, 5.41) is 36.6. The van der Waals surface area contributed by atoms with Crippen LogP contribution in [0.15, 0.2) is 0 Å². The third-order valence-corrected chi connectivity index (χ3v) is 1.25. The van der Waals surface area contributed by atoms with E-state index in [-0.39, 0.29) is 19.7 Å². The molecule has 0 rings (SSSR count). The van der Waals surface area contributed by atoms with E-state index in [0.29, 0.717) is 0 Å². The molecule has 0 bridgehead atoms. The third kappa shape index (κ3) is 4.64. The van der Waals surface area contributed by atoms with Crippen LogP contribution in [0.4, 0.5) is 0 Å². The van der Waals surface area contributed by atoms with Crippen molar-refractivity contribution >= 4 is 0 Å². The van der Waals surface area contributed by atoms with Crippen molar-refractivity contribution in [3.63, 3.8) is 0 Å². The van der Waals surface area contributed by atoms with Crippen LogP contribution in [0, 0.1) is 28.6 Å². The molecule has 0 radical (unpaired) electrons. The Morgan fingerprint density at radius 2 is 1.83 bits per heavy atom. The highest BCUT2D eigenvalue weighted by Crippen LogP contribution is 1.87. The van der Waals surface area contributed by atoms with Crippen LogP contribution in [0.25, 0.3) is 0 Å². The minimum absolute atomic E-state index is 0.191. The Balaban J connectivity index is 3.45. The lowest BCUT2D eigenvalue weighted by Crippen LogP contribution is -2.32. The van der Waals surface area contributed by atoms with Gasteiger partial charge in [-0.15, -0.1) is 0 Å². The van der Waals surface area contributed by atoms with E-state index in [1.54, 1.807) is 12.1 Å². The number of nitrogens with zero attached hydrogens (tertiary/aromatic N) is 2. The molecule has 0 heterocycles. The predicted molar refractivity (Wildman–Crippen MR) is 40.7 cm³/mol. The van der Waals surface area contributed by atoms with E-state index in [4.69, 9.17) is 20.7 Å². The van der Waals surface area contributed by atoms with Gasteiger partial charge in [-0.1, -0.05) is 0 Å². The van der Waals surface area contributed by atoms with Crippen molar-refractivity contribution < 1.29 is 10.2 Å². The van der Waals surface area contributed by atoms with E-state index in [2.05, 4.69) is 5.32 Å². The first-order chi connectivity index (χ1) is 5.74. The maximum absolute atomic E-state index is 8.84. The van der Waals surface area contributed by atoms with Gasteiger partial charge in [0.05, 0.1) is 24.8 Å². The molecule has 0 aromatic carbocycles. The van der Waals surface area contributed by atoms with Gasteiger partial charge in [-0.05, 0) is 0 Å². The first-order valence-electron chi connectivity index (χ1n) is 3.53. The molecule has 0 aromatic heterocycles. The molecule has 0 fully saturated rings. The molecule has 0 aromatic rings. The quantitative estimate of drug-likeness (QED) is 0.469. The largest absolute Gasteiger partial charge is 0.394 e. The monoisotopic (exact) mass is 169 g/mol. The summed E-state index contributed by atoms with van der Waals surface area (Å²) in [6, 6.07) is 3.55. The second-order valence-corrected chi connectivity index (χ2v) is 2.31. The first kappa shape index (κ1) is 10.9. The fraction of sp³-hybridized carbons (Fsp3) is 0.714. The van der Waals surface area contributed by atoms with Crippen LogP contribution in [0.2, 0.25) is 0 Å². The zero-order chi connectivity index (χ0) is 9.40. The molecule has 0 aliphatic heterocycles. The number of nitriles is 2. The molecule has 5 heteroatoms. The summed E-state index contributed by atoms with van der Waals surface area (Å²) >= 11 is 0. The van der Waals surface area contributed by atoms with Gasteiger partial charge in [0, 0.05) is 13.1 Å². The fourth-order valence-corrected chi connectivity index (χ4v) is 0.579. The summed E-state index contributed by atoms with van der Waals surface area (Å²) in [7, 11) is 0. The van der Waals surface area contributed by atoms with E-state index < -0.39 is 12.0 Å². The van der Waals surface area contributed by atoms with Crippen molar-refractivity contribution in [1.82, 2.24) is 5.32 Å². The van der Waals surface area contributed by atoms with Gasteiger partial charge >= 0.3 is 0 Å². The highest BCUT2D eigenvalue weighted by atomic mass is 16.3. The Labute approximate surface area is 70.9 Å². The SMILES string of the molecule is N#CC(C#N)CNCC(O)CO. The minimum Gasteiger partial charge on any atom is -0.394 e. The molecule has 1 unspecified atom stereocenters. The Kier molecular flexibility index (Phi) is 5.94. The molecule has 0 aliphatic carbocycles. The maximum Gasteiger partial charge on any atom is 0.145 e. The summed E-state index contributed by atoms with van der Waals surface area (Å²) < 4.78 is 0. The predicted octanol–water partition coefficient (Wildman–Crippen LogP) is -1.41. The van der Waals surface area contributed by atoms with E-state index in [1.165, 1.54) is 0 Å². The van der Waals surface area contributed by atoms with Crippen LogP contribution in [-0.4, -0.2) is 36.0 Å². The highest BCUT2D eigenvalue weighted by molar-refractivity contribution is 4.99. The van der Waals surface area contributed by atoms with Crippen molar-refractivity contribution in [3.05, 3.63) is 0 Å². The van der Waals surface area contributed by atoms with Crippen molar-refractivity contribution in [2.75, 3.05) is 19.7 Å².